The van der Waals surface area contributed by atoms with Crippen molar-refractivity contribution in [2.45, 2.75) is 32.7 Å². The summed E-state index contributed by atoms with van der Waals surface area (Å²) in [7, 11) is 1.57. The van der Waals surface area contributed by atoms with Crippen molar-refractivity contribution < 1.29 is 9.13 Å². The van der Waals surface area contributed by atoms with Crippen molar-refractivity contribution in [2.24, 2.45) is 11.1 Å². The lowest BCUT2D eigenvalue weighted by Gasteiger charge is -2.11. The SMILES string of the molecule is COc1cc(C)cc(F)c1C1C(N)C1(C)C. The lowest BCUT2D eigenvalue weighted by Crippen LogP contribution is -2.07. The van der Waals surface area contributed by atoms with Crippen molar-refractivity contribution in [1.82, 2.24) is 0 Å². The van der Waals surface area contributed by atoms with E-state index in [4.69, 9.17) is 10.5 Å². The maximum absolute atomic E-state index is 14.0. The molecule has 0 aliphatic heterocycles. The molecule has 1 aliphatic carbocycles. The highest BCUT2D eigenvalue weighted by Crippen LogP contribution is 2.59. The first-order valence-electron chi connectivity index (χ1n) is 5.49. The molecule has 2 atom stereocenters. The molecule has 2 unspecified atom stereocenters. The quantitative estimate of drug-likeness (QED) is 0.836. The van der Waals surface area contributed by atoms with Gasteiger partial charge in [0, 0.05) is 17.5 Å². The van der Waals surface area contributed by atoms with Crippen molar-refractivity contribution in [3.63, 3.8) is 0 Å². The van der Waals surface area contributed by atoms with Crippen molar-refractivity contribution in [3.05, 3.63) is 29.1 Å². The van der Waals surface area contributed by atoms with Crippen LogP contribution in [0.4, 0.5) is 4.39 Å². The van der Waals surface area contributed by atoms with Crippen LogP contribution in [0.1, 0.15) is 30.9 Å². The fourth-order valence-electron chi connectivity index (χ4n) is 2.42. The molecule has 0 aromatic heterocycles. The Bertz CT molecular complexity index is 428. The van der Waals surface area contributed by atoms with Gasteiger partial charge in [-0.25, -0.2) is 4.39 Å². The summed E-state index contributed by atoms with van der Waals surface area (Å²) in [5, 5.41) is 0. The zero-order chi connectivity index (χ0) is 12.1. The minimum atomic E-state index is -0.206. The molecule has 0 heterocycles. The molecule has 1 aromatic carbocycles. The highest BCUT2D eigenvalue weighted by Gasteiger charge is 2.58. The second-order valence-corrected chi connectivity index (χ2v) is 5.19. The maximum atomic E-state index is 14.0. The van der Waals surface area contributed by atoms with Crippen LogP contribution >= 0.6 is 0 Å². The molecule has 0 amide bonds. The summed E-state index contributed by atoms with van der Waals surface area (Å²) >= 11 is 0. The number of halogens is 1. The first kappa shape index (κ1) is 11.4. The van der Waals surface area contributed by atoms with Gasteiger partial charge in [0.05, 0.1) is 7.11 Å². The van der Waals surface area contributed by atoms with Gasteiger partial charge < -0.3 is 10.5 Å². The number of methoxy groups -OCH3 is 1. The minimum absolute atomic E-state index is 0.0126. The number of rotatable bonds is 2. The first-order valence-corrected chi connectivity index (χ1v) is 5.49. The van der Waals surface area contributed by atoms with Crippen LogP contribution < -0.4 is 10.5 Å². The molecule has 0 spiro atoms. The average Bonchev–Trinajstić information content (AvgIpc) is 2.66. The summed E-state index contributed by atoms with van der Waals surface area (Å²) in [5.41, 5.74) is 7.44. The third-order valence-corrected chi connectivity index (χ3v) is 3.68. The largest absolute Gasteiger partial charge is 0.496 e. The predicted molar refractivity (Wildman–Crippen MR) is 62.2 cm³/mol. The van der Waals surface area contributed by atoms with E-state index in [0.29, 0.717) is 11.3 Å². The molecule has 1 aliphatic rings. The Balaban J connectivity index is 2.49. The maximum Gasteiger partial charge on any atom is 0.130 e. The third kappa shape index (κ3) is 1.50. The van der Waals surface area contributed by atoms with Crippen molar-refractivity contribution in [2.75, 3.05) is 7.11 Å². The highest BCUT2D eigenvalue weighted by atomic mass is 19.1. The molecule has 0 saturated heterocycles. The summed E-state index contributed by atoms with van der Waals surface area (Å²) in [6, 6.07) is 3.41. The molecule has 1 aromatic rings. The van der Waals surface area contributed by atoms with Gasteiger partial charge in [0.15, 0.2) is 0 Å². The van der Waals surface area contributed by atoms with Gasteiger partial charge in [-0.1, -0.05) is 13.8 Å². The standard InChI is InChI=1S/C13H18FNO/c1-7-5-8(14)10(9(6-7)16-4)11-12(15)13(11,2)3/h5-6,11-12H,15H2,1-4H3. The fourth-order valence-corrected chi connectivity index (χ4v) is 2.42. The zero-order valence-electron chi connectivity index (χ0n) is 10.2. The van der Waals surface area contributed by atoms with E-state index in [1.165, 1.54) is 0 Å². The first-order chi connectivity index (χ1) is 7.39. The monoisotopic (exact) mass is 223 g/mol. The number of ether oxygens (including phenoxy) is 1. The minimum Gasteiger partial charge on any atom is -0.496 e. The van der Waals surface area contributed by atoms with Gasteiger partial charge in [-0.05, 0) is 30.0 Å². The topological polar surface area (TPSA) is 35.2 Å². The van der Waals surface area contributed by atoms with E-state index < -0.39 is 0 Å². The van der Waals surface area contributed by atoms with Crippen LogP contribution in [0.2, 0.25) is 0 Å². The number of hydrogen-bond donors (Lipinski definition) is 1. The fraction of sp³-hybridized carbons (Fsp3) is 0.538. The van der Waals surface area contributed by atoms with Crippen LogP contribution in [0.15, 0.2) is 12.1 Å². The van der Waals surface area contributed by atoms with Gasteiger partial charge in [-0.15, -0.1) is 0 Å². The smallest absolute Gasteiger partial charge is 0.130 e. The van der Waals surface area contributed by atoms with Crippen LogP contribution in [0.3, 0.4) is 0 Å². The lowest BCUT2D eigenvalue weighted by molar-refractivity contribution is 0.401. The number of hydrogen-bond acceptors (Lipinski definition) is 2. The van der Waals surface area contributed by atoms with Gasteiger partial charge in [0.2, 0.25) is 0 Å². The summed E-state index contributed by atoms with van der Waals surface area (Å²) in [6.07, 6.45) is 0. The summed E-state index contributed by atoms with van der Waals surface area (Å²) in [4.78, 5) is 0. The molecular weight excluding hydrogens is 205 g/mol. The molecule has 2 rings (SSSR count). The van der Waals surface area contributed by atoms with Crippen molar-refractivity contribution in [1.29, 1.82) is 0 Å². The Morgan fingerprint density at radius 2 is 1.94 bits per heavy atom. The Morgan fingerprint density at radius 3 is 2.38 bits per heavy atom. The normalized spacial score (nSPS) is 26.6. The van der Waals surface area contributed by atoms with E-state index in [1.54, 1.807) is 13.2 Å². The molecule has 0 bridgehead atoms. The second-order valence-electron chi connectivity index (χ2n) is 5.19. The molecular formula is C13H18FNO. The van der Waals surface area contributed by atoms with Crippen LogP contribution in [0.5, 0.6) is 5.75 Å². The van der Waals surface area contributed by atoms with Crippen LogP contribution in [0.25, 0.3) is 0 Å². The van der Waals surface area contributed by atoms with Crippen LogP contribution in [-0.4, -0.2) is 13.2 Å². The van der Waals surface area contributed by atoms with E-state index >= 15 is 0 Å². The van der Waals surface area contributed by atoms with Gasteiger partial charge in [0.25, 0.3) is 0 Å². The molecule has 0 radical (unpaired) electrons. The molecule has 1 saturated carbocycles. The summed E-state index contributed by atoms with van der Waals surface area (Å²) < 4.78 is 19.2. The Labute approximate surface area is 95.6 Å². The number of aryl methyl sites for hydroxylation is 1. The average molecular weight is 223 g/mol. The van der Waals surface area contributed by atoms with E-state index in [1.807, 2.05) is 13.0 Å². The van der Waals surface area contributed by atoms with Gasteiger partial charge >= 0.3 is 0 Å². The zero-order valence-corrected chi connectivity index (χ0v) is 10.2. The van der Waals surface area contributed by atoms with E-state index in [2.05, 4.69) is 13.8 Å². The van der Waals surface area contributed by atoms with Gasteiger partial charge in [-0.3, -0.25) is 0 Å². The Hall–Kier alpha value is -1.09. The van der Waals surface area contributed by atoms with Crippen molar-refractivity contribution in [3.8, 4) is 5.75 Å². The van der Waals surface area contributed by atoms with E-state index in [0.717, 1.165) is 5.56 Å². The molecule has 16 heavy (non-hydrogen) atoms. The third-order valence-electron chi connectivity index (χ3n) is 3.68. The Morgan fingerprint density at radius 1 is 1.38 bits per heavy atom. The lowest BCUT2D eigenvalue weighted by atomic mass is 10.00. The molecule has 2 N–H and O–H groups in total. The van der Waals surface area contributed by atoms with Crippen LogP contribution in [-0.2, 0) is 0 Å². The molecule has 88 valence electrons. The molecule has 2 nitrogen and oxygen atoms in total. The Kier molecular flexibility index (Phi) is 2.46. The second kappa shape index (κ2) is 3.45. The number of benzene rings is 1. The van der Waals surface area contributed by atoms with Gasteiger partial charge in [0.1, 0.15) is 11.6 Å². The van der Waals surface area contributed by atoms with Gasteiger partial charge in [-0.2, -0.15) is 0 Å². The van der Waals surface area contributed by atoms with Crippen LogP contribution in [0, 0.1) is 18.2 Å². The van der Waals surface area contributed by atoms with E-state index in [9.17, 15) is 4.39 Å². The molecule has 1 fully saturated rings. The van der Waals surface area contributed by atoms with E-state index in [-0.39, 0.29) is 23.2 Å². The summed E-state index contributed by atoms with van der Waals surface area (Å²) in [6.45, 7) is 5.97. The van der Waals surface area contributed by atoms with Crippen molar-refractivity contribution >= 4 is 0 Å². The molecule has 3 heteroatoms. The predicted octanol–water partition coefficient (Wildman–Crippen LogP) is 2.59. The summed E-state index contributed by atoms with van der Waals surface area (Å²) in [5.74, 6) is 0.467. The number of nitrogens with two attached hydrogens (primary N) is 1. The highest BCUT2D eigenvalue weighted by molar-refractivity contribution is 5.47.